The molecule has 8 rings (SSSR count). The summed E-state index contributed by atoms with van der Waals surface area (Å²) in [4.78, 5) is 25.8. The number of rotatable bonds is 43. The molecule has 32 heteroatoms. The smallest absolute Gasteiger partial charge is 0.204 e. The highest BCUT2D eigenvalue weighted by atomic mass is 32.1. The first-order valence-corrected chi connectivity index (χ1v) is 55.4. The summed E-state index contributed by atoms with van der Waals surface area (Å²) in [5.41, 5.74) is 23.8. The van der Waals surface area contributed by atoms with Gasteiger partial charge < -0.3 is 83.0 Å². The van der Waals surface area contributed by atoms with Gasteiger partial charge in [0.15, 0.2) is 0 Å². The average Bonchev–Trinajstić information content (AvgIpc) is 0.763. The number of hydrogen-bond acceptors (Lipinski definition) is 32. The SMILES string of the molecule is CC(C)(C)c1c(NCCN)c(=S)c1=S.CCCN(C)CCNc1c(C(C)(C)C)c(=S)c1=S.CCCN(CC)CCNc1c(C(C)(C)C)c(=S)c1=S.CCCN(CCC)CCNc1c(C(C)(C)C)c(=S)c1=S.CCN(C)CCNc1c(C(C)(C)C)c(=O)c1=S.CCN(CC)CCNc1c(C(C)(C)C)c(=S)c1=S.CN(C)CCNc1c(C(C)(C)C)c(=S)c1=S.CNCCNc1c(C(C)(C)C)c(=S)c1=S. The van der Waals surface area contributed by atoms with Crippen LogP contribution in [0.3, 0.4) is 0 Å². The zero-order valence-corrected chi connectivity index (χ0v) is 103. The standard InChI is InChI=1S/C16H28N2S2.C15H26N2S2.2C14H24N2S2.C13H22N2OS.C12H20N2S2.C11H18N2S2.C10H16N2S2/c1-6-9-18(10-7-2)11-8-17-13-12(16(3,4)5)14(19)15(13)20;1-6-9-17(7-2)10-8-16-12-11(15(3,4)5)13(18)14(12)19;1-6-8-16(5)9-7-15-11-10(14(2,3)4)12(17)13(11)18;1-6-16(7-2)9-8-15-11-10(14(3,4)5)12(17)13(11)18;1-6-15(5)8-7-14-10-9(13(2,3)4)11(16)12(10)17;1-12(2,3)8-9(11(16)10(8)15)13-6-7-14(4)5;1-11(2,3)7-8(10(15)9(7)14)13-6-5-12-4;1-10(2,3)6-7(12-5-4-11)9(14)8(6)13/h17H,6-11H2,1-5H3;16H,6-10H2,1-5H3;2*15H,6-9H2,1-5H3;14H,6-8H2,1-5H3;13H,6-7H2,1-5H3;12-13H,5-6H2,1-4H3;12H,4-5,11H2,1-3H3. The first kappa shape index (κ1) is 132. The lowest BCUT2D eigenvalue weighted by atomic mass is 9.83. The lowest BCUT2D eigenvalue weighted by Gasteiger charge is -2.28. The Morgan fingerprint density at radius 1 is 0.226 bits per heavy atom. The molecular formula is C105H178N16OS15. The molecule has 0 unspecified atom stereocenters. The van der Waals surface area contributed by atoms with Crippen molar-refractivity contribution in [2.45, 2.75) is 291 Å². The highest BCUT2D eigenvalue weighted by Crippen LogP contribution is 2.43. The van der Waals surface area contributed by atoms with Crippen LogP contribution in [0.4, 0.5) is 45.5 Å². The quantitative estimate of drug-likeness (QED) is 0.0129. The number of nitrogens with one attached hydrogen (secondary N) is 9. The summed E-state index contributed by atoms with van der Waals surface area (Å²) in [6.45, 7) is 93.1. The molecule has 0 aliphatic rings. The summed E-state index contributed by atoms with van der Waals surface area (Å²) in [5, 5.41) is 30.3. The van der Waals surface area contributed by atoms with E-state index in [1.807, 2.05) is 27.8 Å². The molecule has 0 spiro atoms. The summed E-state index contributed by atoms with van der Waals surface area (Å²) < 4.78 is 12.4. The molecule has 0 aliphatic heterocycles. The molecule has 774 valence electrons. The molecule has 0 fully saturated rings. The van der Waals surface area contributed by atoms with Crippen molar-refractivity contribution in [3.63, 3.8) is 0 Å². The van der Waals surface area contributed by atoms with E-state index in [0.29, 0.717) is 11.1 Å². The van der Waals surface area contributed by atoms with Crippen molar-refractivity contribution < 1.29 is 0 Å². The Balaban J connectivity index is 0.000000784. The van der Waals surface area contributed by atoms with Crippen LogP contribution in [-0.4, -0.2) is 222 Å². The van der Waals surface area contributed by atoms with E-state index < -0.39 is 0 Å². The van der Waals surface area contributed by atoms with Gasteiger partial charge in [-0.05, 0) is 157 Å². The molecule has 8 aromatic carbocycles. The van der Waals surface area contributed by atoms with Gasteiger partial charge in [0.25, 0.3) is 0 Å². The summed E-state index contributed by atoms with van der Waals surface area (Å²) >= 11 is 79.5. The molecule has 0 aromatic heterocycles. The third-order valence-electron chi connectivity index (χ3n) is 23.2. The third kappa shape index (κ3) is 40.3. The van der Waals surface area contributed by atoms with Crippen LogP contribution in [0.2, 0.25) is 0 Å². The molecule has 0 atom stereocenters. The number of hydrogen-bond donors (Lipinski definition) is 10. The van der Waals surface area contributed by atoms with Crippen LogP contribution in [-0.2, 0) is 43.3 Å². The topological polar surface area (TPSA) is 171 Å². The second kappa shape index (κ2) is 60.3. The normalized spacial score (nSPS) is 12.3. The van der Waals surface area contributed by atoms with Gasteiger partial charge >= 0.3 is 0 Å². The summed E-state index contributed by atoms with van der Waals surface area (Å²) in [6.07, 6.45) is 4.80. The van der Waals surface area contributed by atoms with Crippen LogP contribution in [0.1, 0.15) is 292 Å². The lowest BCUT2D eigenvalue weighted by molar-refractivity contribution is 0.285. The Kier molecular flexibility index (Phi) is 58.1. The zero-order valence-electron chi connectivity index (χ0n) is 91.1. The molecule has 17 nitrogen and oxygen atoms in total. The molecule has 137 heavy (non-hydrogen) atoms. The van der Waals surface area contributed by atoms with Crippen molar-refractivity contribution in [2.24, 2.45) is 5.73 Å². The maximum absolute atomic E-state index is 11.7. The molecule has 0 amide bonds. The van der Waals surface area contributed by atoms with Gasteiger partial charge in [-0.15, -0.1) is 0 Å². The summed E-state index contributed by atoms with van der Waals surface area (Å²) in [7, 11) is 10.3. The van der Waals surface area contributed by atoms with E-state index in [-0.39, 0.29) is 48.7 Å². The Hall–Kier alpha value is -2.98. The summed E-state index contributed by atoms with van der Waals surface area (Å²) in [5.74, 6) is 0. The van der Waals surface area contributed by atoms with Crippen LogP contribution in [0, 0.1) is 67.7 Å². The van der Waals surface area contributed by atoms with E-state index >= 15 is 0 Å². The Morgan fingerprint density at radius 2 is 0.438 bits per heavy atom. The Bertz CT molecular complexity index is 5670. The molecular weight excluding hydrogens is 1980 g/mol. The first-order valence-electron chi connectivity index (χ1n) is 49.2. The van der Waals surface area contributed by atoms with Gasteiger partial charge in [0.05, 0.1) is 109 Å². The Morgan fingerprint density at radius 3 is 0.664 bits per heavy atom. The number of likely N-dealkylation sites (N-methyl/N-ethyl adjacent to an activating group) is 6. The predicted octanol–water partition coefficient (Wildman–Crippen LogP) is 28.7. The van der Waals surface area contributed by atoms with E-state index in [9.17, 15) is 4.79 Å². The van der Waals surface area contributed by atoms with Gasteiger partial charge in [0.1, 0.15) is 4.51 Å². The monoisotopic (exact) mass is 2160 g/mol. The van der Waals surface area contributed by atoms with Crippen molar-refractivity contribution >= 4 is 229 Å². The fraction of sp³-hybridized carbons (Fsp3) is 0.695. The largest absolute Gasteiger partial charge is 0.382 e. The molecule has 11 N–H and O–H groups in total. The van der Waals surface area contributed by atoms with Crippen molar-refractivity contribution in [2.75, 3.05) is 235 Å². The van der Waals surface area contributed by atoms with Crippen molar-refractivity contribution in [1.82, 2.24) is 34.7 Å². The van der Waals surface area contributed by atoms with Crippen LogP contribution < -0.4 is 59.0 Å². The van der Waals surface area contributed by atoms with Crippen LogP contribution >= 0.6 is 183 Å². The number of anilines is 8. The van der Waals surface area contributed by atoms with E-state index in [1.165, 1.54) is 77.7 Å². The lowest BCUT2D eigenvalue weighted by Crippen LogP contribution is -2.32. The fourth-order valence-electron chi connectivity index (χ4n) is 15.8. The van der Waals surface area contributed by atoms with E-state index in [1.54, 1.807) is 0 Å². The second-order valence-corrected chi connectivity index (χ2v) is 50.0. The van der Waals surface area contributed by atoms with E-state index in [0.717, 1.165) is 252 Å². The predicted molar refractivity (Wildman–Crippen MR) is 647 cm³/mol. The number of nitrogens with zero attached hydrogens (tertiary/aromatic N) is 6. The molecule has 0 aliphatic carbocycles. The van der Waals surface area contributed by atoms with Crippen LogP contribution in [0.5, 0.6) is 0 Å². The van der Waals surface area contributed by atoms with E-state index in [2.05, 4.69) is 306 Å². The van der Waals surface area contributed by atoms with E-state index in [4.69, 9.17) is 189 Å². The average molecular weight is 2160 g/mol. The first-order chi connectivity index (χ1) is 63.1. The fourth-order valence-corrected chi connectivity index (χ4v) is 21.6. The van der Waals surface area contributed by atoms with Gasteiger partial charge in [-0.1, -0.05) is 405 Å². The van der Waals surface area contributed by atoms with Crippen molar-refractivity contribution in [1.29, 1.82) is 0 Å². The van der Waals surface area contributed by atoms with Gasteiger partial charge in [-0.25, -0.2) is 0 Å². The molecule has 0 heterocycles. The van der Waals surface area contributed by atoms with Gasteiger partial charge in [-0.3, -0.25) is 4.79 Å². The number of nitrogens with two attached hydrogens (primary N) is 1. The second-order valence-electron chi connectivity index (χ2n) is 43.9. The highest BCUT2D eigenvalue weighted by Gasteiger charge is 2.33. The third-order valence-corrected chi connectivity index (χ3v) is 30.2. The highest BCUT2D eigenvalue weighted by molar-refractivity contribution is 7.76. The molecule has 0 bridgehead atoms. The maximum atomic E-state index is 11.7. The van der Waals surface area contributed by atoms with Gasteiger partial charge in [0, 0.05) is 149 Å². The molecule has 0 saturated carbocycles. The van der Waals surface area contributed by atoms with Crippen LogP contribution in [0.25, 0.3) is 0 Å². The molecule has 0 radical (unpaired) electrons. The van der Waals surface area contributed by atoms with Gasteiger partial charge in [-0.2, -0.15) is 0 Å². The molecule has 0 saturated heterocycles. The van der Waals surface area contributed by atoms with Crippen molar-refractivity contribution in [3.05, 3.63) is 122 Å². The zero-order chi connectivity index (χ0) is 106. The van der Waals surface area contributed by atoms with Gasteiger partial charge in [0.2, 0.25) is 5.43 Å². The maximum Gasteiger partial charge on any atom is 0.204 e. The minimum Gasteiger partial charge on any atom is -0.382 e. The molecule has 8 aromatic rings. The summed E-state index contributed by atoms with van der Waals surface area (Å²) in [6, 6.07) is 0. The minimum absolute atomic E-state index is 0.0406. The minimum atomic E-state index is -0.127. The van der Waals surface area contributed by atoms with Crippen LogP contribution in [0.15, 0.2) is 4.79 Å². The van der Waals surface area contributed by atoms with Crippen molar-refractivity contribution in [3.8, 4) is 0 Å². The Labute approximate surface area is 908 Å².